The molecule has 7 heteroatoms. The van der Waals surface area contributed by atoms with E-state index in [1.807, 2.05) is 37.3 Å². The summed E-state index contributed by atoms with van der Waals surface area (Å²) in [5, 5.41) is 3.33. The van der Waals surface area contributed by atoms with Crippen molar-refractivity contribution in [3.8, 4) is 22.6 Å². The third-order valence-corrected chi connectivity index (χ3v) is 4.42. The summed E-state index contributed by atoms with van der Waals surface area (Å²) in [6.07, 6.45) is 1.72. The molecule has 1 heterocycles. The predicted octanol–water partition coefficient (Wildman–Crippen LogP) is 5.45. The van der Waals surface area contributed by atoms with E-state index in [4.69, 9.17) is 34.8 Å². The molecule has 0 spiro atoms. The molecule has 4 nitrogen and oxygen atoms in total. The number of nitrogens with zero attached hydrogens (tertiary/aromatic N) is 1. The number of benzene rings is 2. The summed E-state index contributed by atoms with van der Waals surface area (Å²) in [4.78, 5) is 18.3. The maximum atomic E-state index is 11.8. The number of anilines is 1. The van der Waals surface area contributed by atoms with E-state index < -0.39 is 10.7 Å². The second-order valence-electron chi connectivity index (χ2n) is 5.41. The van der Waals surface area contributed by atoms with Crippen LogP contribution in [0.15, 0.2) is 48.7 Å². The van der Waals surface area contributed by atoms with E-state index in [0.717, 1.165) is 22.4 Å². The minimum absolute atomic E-state index is 0.496. The van der Waals surface area contributed by atoms with E-state index in [2.05, 4.69) is 15.3 Å². The summed E-state index contributed by atoms with van der Waals surface area (Å²) in [5.41, 5.74) is 4.02. The molecule has 128 valence electrons. The molecule has 3 aromatic rings. The summed E-state index contributed by atoms with van der Waals surface area (Å²) in [7, 11) is 0. The number of aryl methyl sites for hydroxylation is 1. The molecule has 0 aliphatic heterocycles. The maximum absolute atomic E-state index is 11.8. The second kappa shape index (κ2) is 7.48. The van der Waals surface area contributed by atoms with Gasteiger partial charge in [-0.25, -0.2) is 4.98 Å². The largest absolute Gasteiger partial charge is 0.338 e. The Labute approximate surface area is 160 Å². The highest BCUT2D eigenvalue weighted by molar-refractivity contribution is 6.54. The Morgan fingerprint density at radius 1 is 1.16 bits per heavy atom. The van der Waals surface area contributed by atoms with Crippen LogP contribution >= 0.6 is 34.8 Å². The number of aromatic amines is 1. The quantitative estimate of drug-likeness (QED) is 0.578. The smallest absolute Gasteiger partial charge is 0.257 e. The number of aromatic nitrogens is 2. The molecule has 0 unspecified atom stereocenters. The van der Waals surface area contributed by atoms with E-state index in [1.165, 1.54) is 0 Å². The first kappa shape index (κ1) is 17.8. The molecule has 0 radical (unpaired) electrons. The molecule has 0 aliphatic carbocycles. The average molecular weight is 395 g/mol. The zero-order valence-electron chi connectivity index (χ0n) is 13.2. The molecule has 0 aliphatic rings. The minimum atomic E-state index is -1.15. The molecule has 2 aromatic carbocycles. The Bertz CT molecular complexity index is 901. The van der Waals surface area contributed by atoms with Gasteiger partial charge >= 0.3 is 0 Å². The molecule has 3 rings (SSSR count). The van der Waals surface area contributed by atoms with Gasteiger partial charge in [0, 0.05) is 11.1 Å². The Balaban J connectivity index is 2.00. The van der Waals surface area contributed by atoms with Crippen molar-refractivity contribution in [3.05, 3.63) is 59.2 Å². The van der Waals surface area contributed by atoms with E-state index in [9.17, 15) is 4.79 Å². The number of rotatable bonds is 4. The Morgan fingerprint density at radius 3 is 2.64 bits per heavy atom. The number of imidazole rings is 1. The van der Waals surface area contributed by atoms with E-state index in [1.54, 1.807) is 18.3 Å². The van der Waals surface area contributed by atoms with Crippen molar-refractivity contribution in [2.75, 3.05) is 5.32 Å². The van der Waals surface area contributed by atoms with Gasteiger partial charge < -0.3 is 10.3 Å². The lowest BCUT2D eigenvalue weighted by molar-refractivity contribution is -0.114. The van der Waals surface area contributed by atoms with Gasteiger partial charge in [0.2, 0.25) is 0 Å². The minimum Gasteiger partial charge on any atom is -0.338 e. The molecule has 2 N–H and O–H groups in total. The number of carbonyl (C=O) groups excluding carboxylic acids is 1. The topological polar surface area (TPSA) is 57.8 Å². The van der Waals surface area contributed by atoms with Crippen LogP contribution in [-0.4, -0.2) is 20.7 Å². The number of halogens is 3. The molecule has 0 fully saturated rings. The van der Waals surface area contributed by atoms with Crippen molar-refractivity contribution in [1.82, 2.24) is 9.97 Å². The van der Waals surface area contributed by atoms with Crippen LogP contribution in [0.4, 0.5) is 5.69 Å². The molecular weight excluding hydrogens is 381 g/mol. The summed E-state index contributed by atoms with van der Waals surface area (Å²) in [5.74, 6) is 0.107. The van der Waals surface area contributed by atoms with Gasteiger partial charge in [0.05, 0.1) is 22.6 Å². The second-order valence-corrected chi connectivity index (χ2v) is 6.92. The van der Waals surface area contributed by atoms with Crippen molar-refractivity contribution < 1.29 is 4.79 Å². The van der Waals surface area contributed by atoms with Crippen molar-refractivity contribution in [1.29, 1.82) is 0 Å². The lowest BCUT2D eigenvalue weighted by Gasteiger charge is -2.10. The number of alkyl halides is 2. The van der Waals surface area contributed by atoms with Gasteiger partial charge in [0.15, 0.2) is 4.84 Å². The van der Waals surface area contributed by atoms with Crippen LogP contribution in [0, 0.1) is 6.92 Å². The highest BCUT2D eigenvalue weighted by atomic mass is 35.5. The molecule has 0 saturated carbocycles. The third kappa shape index (κ3) is 3.82. The van der Waals surface area contributed by atoms with Crippen molar-refractivity contribution in [3.63, 3.8) is 0 Å². The van der Waals surface area contributed by atoms with E-state index >= 15 is 0 Å². The number of hydrogen-bond donors (Lipinski definition) is 2. The Kier molecular flexibility index (Phi) is 5.33. The first-order chi connectivity index (χ1) is 12.0. The van der Waals surface area contributed by atoms with Crippen LogP contribution in [0.3, 0.4) is 0 Å². The number of hydrogen-bond acceptors (Lipinski definition) is 2. The van der Waals surface area contributed by atoms with Crippen molar-refractivity contribution in [2.24, 2.45) is 0 Å². The molecule has 0 bridgehead atoms. The number of para-hydroxylation sites is 1. The lowest BCUT2D eigenvalue weighted by Crippen LogP contribution is -2.19. The number of carbonyl (C=O) groups is 1. The van der Waals surface area contributed by atoms with Gasteiger partial charge in [-0.15, -0.1) is 0 Å². The molecule has 0 saturated heterocycles. The number of amides is 1. The fourth-order valence-electron chi connectivity index (χ4n) is 2.54. The fourth-order valence-corrected chi connectivity index (χ4v) is 2.98. The SMILES string of the molecule is Cc1cccc(Cl)c1-c1cnc(-c2ccccc2NC(=O)C(Cl)Cl)[nH]1. The highest BCUT2D eigenvalue weighted by Crippen LogP contribution is 2.33. The van der Waals surface area contributed by atoms with Crippen LogP contribution in [0.2, 0.25) is 5.02 Å². The van der Waals surface area contributed by atoms with Gasteiger partial charge in [-0.1, -0.05) is 59.1 Å². The molecular formula is C18H14Cl3N3O. The molecule has 0 atom stereocenters. The third-order valence-electron chi connectivity index (χ3n) is 3.71. The standard InChI is InChI=1S/C18H14Cl3N3O/c1-10-5-4-7-12(19)15(10)14-9-22-17(23-14)11-6-2-3-8-13(11)24-18(25)16(20)21/h2-9,16H,1H3,(H,22,23)(H,24,25). The lowest BCUT2D eigenvalue weighted by atomic mass is 10.1. The van der Waals surface area contributed by atoms with Gasteiger partial charge in [0.25, 0.3) is 5.91 Å². The van der Waals surface area contributed by atoms with Gasteiger partial charge in [0.1, 0.15) is 5.82 Å². The van der Waals surface area contributed by atoms with E-state index in [0.29, 0.717) is 16.5 Å². The first-order valence-corrected chi connectivity index (χ1v) is 8.71. The van der Waals surface area contributed by atoms with Crippen LogP contribution < -0.4 is 5.32 Å². The number of H-pyrrole nitrogens is 1. The highest BCUT2D eigenvalue weighted by Gasteiger charge is 2.16. The van der Waals surface area contributed by atoms with Gasteiger partial charge in [-0.2, -0.15) is 0 Å². The monoisotopic (exact) mass is 393 g/mol. The summed E-state index contributed by atoms with van der Waals surface area (Å²) >= 11 is 17.5. The van der Waals surface area contributed by atoms with Crippen LogP contribution in [0.5, 0.6) is 0 Å². The molecule has 25 heavy (non-hydrogen) atoms. The normalized spacial score (nSPS) is 10.9. The molecule has 1 amide bonds. The van der Waals surface area contributed by atoms with Crippen LogP contribution in [0.25, 0.3) is 22.6 Å². The molecule has 1 aromatic heterocycles. The zero-order chi connectivity index (χ0) is 18.0. The predicted molar refractivity (Wildman–Crippen MR) is 103 cm³/mol. The Morgan fingerprint density at radius 2 is 1.92 bits per heavy atom. The van der Waals surface area contributed by atoms with Crippen LogP contribution in [0.1, 0.15) is 5.56 Å². The summed E-state index contributed by atoms with van der Waals surface area (Å²) in [6, 6.07) is 13.0. The zero-order valence-corrected chi connectivity index (χ0v) is 15.5. The number of nitrogens with one attached hydrogen (secondary N) is 2. The maximum Gasteiger partial charge on any atom is 0.257 e. The van der Waals surface area contributed by atoms with E-state index in [-0.39, 0.29) is 0 Å². The van der Waals surface area contributed by atoms with Crippen molar-refractivity contribution >= 4 is 46.4 Å². The summed E-state index contributed by atoms with van der Waals surface area (Å²) < 4.78 is 0. The van der Waals surface area contributed by atoms with Crippen molar-refractivity contribution in [2.45, 2.75) is 11.8 Å². The van der Waals surface area contributed by atoms with Gasteiger partial charge in [-0.05, 0) is 30.7 Å². The summed E-state index contributed by atoms with van der Waals surface area (Å²) in [6.45, 7) is 1.98. The average Bonchev–Trinajstić information content (AvgIpc) is 3.04. The first-order valence-electron chi connectivity index (χ1n) is 7.46. The van der Waals surface area contributed by atoms with Crippen LogP contribution in [-0.2, 0) is 4.79 Å². The fraction of sp³-hybridized carbons (Fsp3) is 0.111. The Hall–Kier alpha value is -2.01. The van der Waals surface area contributed by atoms with Gasteiger partial charge in [-0.3, -0.25) is 4.79 Å².